The van der Waals surface area contributed by atoms with Crippen molar-refractivity contribution in [3.05, 3.63) is 95.1 Å². The molecular formula is C26H26N4O5. The van der Waals surface area contributed by atoms with Crippen molar-refractivity contribution < 1.29 is 23.5 Å². The maximum absolute atomic E-state index is 13.0. The van der Waals surface area contributed by atoms with Crippen LogP contribution in [0.5, 0.6) is 0 Å². The van der Waals surface area contributed by atoms with Crippen LogP contribution in [0.3, 0.4) is 0 Å². The summed E-state index contributed by atoms with van der Waals surface area (Å²) in [6.07, 6.45) is 1.22. The standard InChI is InChI=1S/C26H26N4O5/c1-16-12-21(17(2)35-16)24(31)29-30-25(32)23(13-19-14-27-22-11-7-6-10-20(19)22)28-26(33)34-15-18-8-4-3-5-9-18/h3-12,14,23,27H,13,15H2,1-2H3,(H,28,33)(H,29,31)(H,30,32)/t23-/m1/s1. The molecule has 0 aliphatic carbocycles. The average molecular weight is 475 g/mol. The first-order chi connectivity index (χ1) is 16.9. The van der Waals surface area contributed by atoms with E-state index in [0.717, 1.165) is 22.0 Å². The van der Waals surface area contributed by atoms with Gasteiger partial charge in [-0.25, -0.2) is 4.79 Å². The third-order valence-electron chi connectivity index (χ3n) is 5.51. The molecule has 0 spiro atoms. The Bertz CT molecular complexity index is 1340. The number of para-hydroxylation sites is 1. The highest BCUT2D eigenvalue weighted by Gasteiger charge is 2.24. The first-order valence-corrected chi connectivity index (χ1v) is 11.1. The number of ether oxygens (including phenoxy) is 1. The second kappa shape index (κ2) is 10.6. The summed E-state index contributed by atoms with van der Waals surface area (Å²) in [5.41, 5.74) is 7.65. The van der Waals surface area contributed by atoms with Crippen LogP contribution in [0, 0.1) is 13.8 Å². The first-order valence-electron chi connectivity index (χ1n) is 11.1. The molecule has 35 heavy (non-hydrogen) atoms. The Labute approximate surface area is 201 Å². The van der Waals surface area contributed by atoms with Gasteiger partial charge in [0.15, 0.2) is 0 Å². The van der Waals surface area contributed by atoms with Crippen molar-refractivity contribution in [1.29, 1.82) is 0 Å². The fourth-order valence-corrected chi connectivity index (χ4v) is 3.77. The van der Waals surface area contributed by atoms with E-state index in [2.05, 4.69) is 21.2 Å². The van der Waals surface area contributed by atoms with Crippen molar-refractivity contribution >= 4 is 28.8 Å². The molecule has 1 atom stereocenters. The second-order valence-electron chi connectivity index (χ2n) is 8.09. The van der Waals surface area contributed by atoms with E-state index in [1.807, 2.05) is 54.6 Å². The number of aryl methyl sites for hydroxylation is 2. The summed E-state index contributed by atoms with van der Waals surface area (Å²) in [5.74, 6) is -0.102. The van der Waals surface area contributed by atoms with Crippen molar-refractivity contribution in [3.8, 4) is 0 Å². The van der Waals surface area contributed by atoms with Crippen LogP contribution < -0.4 is 16.2 Å². The molecule has 9 heteroatoms. The number of H-pyrrole nitrogens is 1. The number of furan rings is 1. The molecule has 2 heterocycles. The fraction of sp³-hybridized carbons (Fsp3) is 0.192. The number of hydrogen-bond donors (Lipinski definition) is 4. The second-order valence-corrected chi connectivity index (χ2v) is 8.09. The smallest absolute Gasteiger partial charge is 0.408 e. The van der Waals surface area contributed by atoms with Crippen LogP contribution in [-0.2, 0) is 22.6 Å². The van der Waals surface area contributed by atoms with Gasteiger partial charge in [0, 0.05) is 23.5 Å². The lowest BCUT2D eigenvalue weighted by molar-refractivity contribution is -0.123. The van der Waals surface area contributed by atoms with Crippen LogP contribution in [-0.4, -0.2) is 28.9 Å². The molecule has 0 aliphatic heterocycles. The van der Waals surface area contributed by atoms with E-state index in [0.29, 0.717) is 17.1 Å². The van der Waals surface area contributed by atoms with Gasteiger partial charge < -0.3 is 19.5 Å². The lowest BCUT2D eigenvalue weighted by atomic mass is 10.0. The van der Waals surface area contributed by atoms with Gasteiger partial charge in [-0.05, 0) is 37.1 Å². The Morgan fingerprint density at radius 2 is 1.74 bits per heavy atom. The van der Waals surface area contributed by atoms with Gasteiger partial charge in [-0.1, -0.05) is 48.5 Å². The van der Waals surface area contributed by atoms with Gasteiger partial charge in [-0.2, -0.15) is 0 Å². The zero-order valence-corrected chi connectivity index (χ0v) is 19.4. The van der Waals surface area contributed by atoms with Crippen LogP contribution in [0.1, 0.15) is 33.0 Å². The predicted molar refractivity (Wildman–Crippen MR) is 129 cm³/mol. The summed E-state index contributed by atoms with van der Waals surface area (Å²) < 4.78 is 10.7. The molecule has 0 saturated carbocycles. The molecule has 0 saturated heterocycles. The number of carbonyl (C=O) groups excluding carboxylic acids is 3. The normalized spacial score (nSPS) is 11.6. The van der Waals surface area contributed by atoms with Gasteiger partial charge >= 0.3 is 6.09 Å². The van der Waals surface area contributed by atoms with E-state index < -0.39 is 23.9 Å². The fourth-order valence-electron chi connectivity index (χ4n) is 3.77. The molecule has 4 aromatic rings. The van der Waals surface area contributed by atoms with Crippen molar-refractivity contribution in [2.24, 2.45) is 0 Å². The van der Waals surface area contributed by atoms with Gasteiger partial charge in [0.25, 0.3) is 11.8 Å². The van der Waals surface area contributed by atoms with E-state index in [1.165, 1.54) is 0 Å². The topological polar surface area (TPSA) is 125 Å². The lowest BCUT2D eigenvalue weighted by Crippen LogP contribution is -2.53. The summed E-state index contributed by atoms with van der Waals surface area (Å²) in [6.45, 7) is 3.45. The Morgan fingerprint density at radius 3 is 2.49 bits per heavy atom. The minimum Gasteiger partial charge on any atom is -0.466 e. The van der Waals surface area contributed by atoms with E-state index in [4.69, 9.17) is 9.15 Å². The molecule has 0 aliphatic rings. The third kappa shape index (κ3) is 5.89. The Morgan fingerprint density at radius 1 is 1.00 bits per heavy atom. The minimum absolute atomic E-state index is 0.0595. The number of alkyl carbamates (subject to hydrolysis) is 1. The monoisotopic (exact) mass is 474 g/mol. The number of hydrazine groups is 1. The molecular weight excluding hydrogens is 448 g/mol. The molecule has 180 valence electrons. The van der Waals surface area contributed by atoms with E-state index in [9.17, 15) is 14.4 Å². The number of nitrogens with one attached hydrogen (secondary N) is 4. The molecule has 9 nitrogen and oxygen atoms in total. The van der Waals surface area contributed by atoms with E-state index >= 15 is 0 Å². The number of aromatic amines is 1. The van der Waals surface area contributed by atoms with Gasteiger partial charge in [-0.3, -0.25) is 20.4 Å². The van der Waals surface area contributed by atoms with Crippen molar-refractivity contribution in [2.75, 3.05) is 0 Å². The van der Waals surface area contributed by atoms with Crippen LogP contribution in [0.25, 0.3) is 10.9 Å². The van der Waals surface area contributed by atoms with Crippen LogP contribution in [0.15, 0.2) is 71.3 Å². The van der Waals surface area contributed by atoms with Crippen LogP contribution in [0.4, 0.5) is 4.79 Å². The zero-order valence-electron chi connectivity index (χ0n) is 19.4. The average Bonchev–Trinajstić information content (AvgIpc) is 3.43. The number of carbonyl (C=O) groups is 3. The van der Waals surface area contributed by atoms with E-state index in [-0.39, 0.29) is 13.0 Å². The maximum Gasteiger partial charge on any atom is 0.408 e. The Balaban J connectivity index is 1.45. The number of benzene rings is 2. The molecule has 0 bridgehead atoms. The largest absolute Gasteiger partial charge is 0.466 e. The van der Waals surface area contributed by atoms with Crippen molar-refractivity contribution in [2.45, 2.75) is 32.9 Å². The summed E-state index contributed by atoms with van der Waals surface area (Å²) in [7, 11) is 0. The number of fused-ring (bicyclic) bond motifs is 1. The molecule has 4 rings (SSSR count). The van der Waals surface area contributed by atoms with Crippen LogP contribution in [0.2, 0.25) is 0 Å². The number of amides is 3. The van der Waals surface area contributed by atoms with Gasteiger partial charge in [-0.15, -0.1) is 0 Å². The Hall–Kier alpha value is -4.53. The number of rotatable bonds is 7. The molecule has 0 unspecified atom stereocenters. The molecule has 2 aromatic heterocycles. The van der Waals surface area contributed by atoms with Crippen LogP contribution >= 0.6 is 0 Å². The SMILES string of the molecule is Cc1cc(C(=O)NNC(=O)[C@@H](Cc2c[nH]c3ccccc23)NC(=O)OCc2ccccc2)c(C)o1. The third-order valence-corrected chi connectivity index (χ3v) is 5.51. The molecule has 0 radical (unpaired) electrons. The lowest BCUT2D eigenvalue weighted by Gasteiger charge is -2.18. The maximum atomic E-state index is 13.0. The molecule has 2 aromatic carbocycles. The quantitative estimate of drug-likeness (QED) is 0.304. The molecule has 3 amide bonds. The highest BCUT2D eigenvalue weighted by molar-refractivity contribution is 5.97. The van der Waals surface area contributed by atoms with Crippen molar-refractivity contribution in [1.82, 2.24) is 21.2 Å². The number of hydrogen-bond acceptors (Lipinski definition) is 5. The Kier molecular flexibility index (Phi) is 7.15. The highest BCUT2D eigenvalue weighted by atomic mass is 16.5. The van der Waals surface area contributed by atoms with Gasteiger partial charge in [0.1, 0.15) is 24.2 Å². The molecule has 4 N–H and O–H groups in total. The van der Waals surface area contributed by atoms with Crippen molar-refractivity contribution in [3.63, 3.8) is 0 Å². The van der Waals surface area contributed by atoms with E-state index in [1.54, 1.807) is 26.1 Å². The summed E-state index contributed by atoms with van der Waals surface area (Å²) in [4.78, 5) is 41.2. The summed E-state index contributed by atoms with van der Waals surface area (Å²) in [6, 6.07) is 17.4. The predicted octanol–water partition coefficient (Wildman–Crippen LogP) is 3.68. The summed E-state index contributed by atoms with van der Waals surface area (Å²) >= 11 is 0. The highest BCUT2D eigenvalue weighted by Crippen LogP contribution is 2.19. The number of aromatic nitrogens is 1. The minimum atomic E-state index is -1.01. The summed E-state index contributed by atoms with van der Waals surface area (Å²) in [5, 5.41) is 3.54. The van der Waals surface area contributed by atoms with Gasteiger partial charge in [0.05, 0.1) is 5.56 Å². The first kappa shape index (κ1) is 23.6. The van der Waals surface area contributed by atoms with Gasteiger partial charge in [0.2, 0.25) is 0 Å². The molecule has 0 fully saturated rings. The zero-order chi connectivity index (χ0) is 24.8.